The van der Waals surface area contributed by atoms with Crippen LogP contribution in [0.5, 0.6) is 0 Å². The number of nitrogens with one attached hydrogen (secondary N) is 1. The molecule has 174 valence electrons. The monoisotopic (exact) mass is 490 g/mol. The van der Waals surface area contributed by atoms with Gasteiger partial charge < -0.3 is 10.1 Å². The van der Waals surface area contributed by atoms with Gasteiger partial charge in [-0.3, -0.25) is 9.69 Å². The van der Waals surface area contributed by atoms with Gasteiger partial charge in [0.1, 0.15) is 10.9 Å². The van der Waals surface area contributed by atoms with E-state index in [9.17, 15) is 13.6 Å². The van der Waals surface area contributed by atoms with Crippen LogP contribution in [0.3, 0.4) is 0 Å². The molecule has 1 N–H and O–H groups in total. The molecule has 1 saturated heterocycles. The molecular weight excluding hydrogens is 466 g/mol. The predicted octanol–water partition coefficient (Wildman–Crippen LogP) is 4.90. The lowest BCUT2D eigenvalue weighted by Gasteiger charge is -2.26. The Hall–Kier alpha value is -2.27. The van der Waals surface area contributed by atoms with E-state index in [-0.39, 0.29) is 5.91 Å². The van der Waals surface area contributed by atoms with Gasteiger partial charge in [0.05, 0.1) is 30.5 Å². The van der Waals surface area contributed by atoms with Gasteiger partial charge >= 0.3 is 0 Å². The number of fused-ring (bicyclic) bond motifs is 1. The molecule has 0 bridgehead atoms. The summed E-state index contributed by atoms with van der Waals surface area (Å²) in [5, 5.41) is 4.09. The third-order valence-electron chi connectivity index (χ3n) is 5.09. The van der Waals surface area contributed by atoms with Crippen molar-refractivity contribution in [1.82, 2.24) is 14.9 Å². The normalized spacial score (nSPS) is 15.6. The zero-order chi connectivity index (χ0) is 23.2. The van der Waals surface area contributed by atoms with E-state index >= 15 is 0 Å². The largest absolute Gasteiger partial charge is 0.379 e. The minimum atomic E-state index is -2.47. The number of ether oxygens (including phenoxy) is 1. The zero-order valence-electron chi connectivity index (χ0n) is 18.0. The predicted molar refractivity (Wildman–Crippen MR) is 128 cm³/mol. The van der Waals surface area contributed by atoms with Crippen molar-refractivity contribution in [2.75, 3.05) is 31.6 Å². The van der Waals surface area contributed by atoms with Crippen LogP contribution >= 0.6 is 23.5 Å². The third-order valence-corrected chi connectivity index (χ3v) is 6.91. The van der Waals surface area contributed by atoms with E-state index in [1.54, 1.807) is 24.3 Å². The Morgan fingerprint density at radius 2 is 1.82 bits per heavy atom. The van der Waals surface area contributed by atoms with E-state index in [0.717, 1.165) is 34.8 Å². The van der Waals surface area contributed by atoms with Crippen molar-refractivity contribution in [2.24, 2.45) is 0 Å². The summed E-state index contributed by atoms with van der Waals surface area (Å²) in [5.41, 5.74) is 1.41. The molecule has 2 aromatic carbocycles. The number of thioether (sulfide) groups is 2. The smallest absolute Gasteiger partial charge is 0.288 e. The minimum absolute atomic E-state index is 0.188. The molecule has 1 unspecified atom stereocenters. The summed E-state index contributed by atoms with van der Waals surface area (Å²) in [6.45, 7) is 5.53. The van der Waals surface area contributed by atoms with Gasteiger partial charge in [-0.2, -0.15) is 8.78 Å². The van der Waals surface area contributed by atoms with Gasteiger partial charge in [0.2, 0.25) is 5.91 Å². The summed E-state index contributed by atoms with van der Waals surface area (Å²) in [6.07, 6.45) is 0. The molecule has 1 aliphatic heterocycles. The highest BCUT2D eigenvalue weighted by Gasteiger charge is 2.20. The fraction of sp³-hybridized carbons (Fsp3) is 0.348. The van der Waals surface area contributed by atoms with Crippen molar-refractivity contribution in [3.8, 4) is 0 Å². The zero-order valence-corrected chi connectivity index (χ0v) is 19.7. The third kappa shape index (κ3) is 6.63. The van der Waals surface area contributed by atoms with Crippen LogP contribution in [0.15, 0.2) is 58.5 Å². The molecule has 1 atom stereocenters. The minimum Gasteiger partial charge on any atom is -0.379 e. The van der Waals surface area contributed by atoms with Crippen LogP contribution < -0.4 is 5.32 Å². The van der Waals surface area contributed by atoms with Crippen LogP contribution in [0, 0.1) is 0 Å². The lowest BCUT2D eigenvalue weighted by molar-refractivity contribution is -0.115. The molecule has 1 fully saturated rings. The first kappa shape index (κ1) is 23.9. The highest BCUT2D eigenvalue weighted by Crippen LogP contribution is 2.30. The molecule has 33 heavy (non-hydrogen) atoms. The van der Waals surface area contributed by atoms with Crippen molar-refractivity contribution >= 4 is 46.0 Å². The van der Waals surface area contributed by atoms with E-state index < -0.39 is 11.0 Å². The van der Waals surface area contributed by atoms with Crippen LogP contribution in [-0.4, -0.2) is 58.1 Å². The molecule has 3 aromatic rings. The molecule has 0 spiro atoms. The molecule has 1 amide bonds. The topological polar surface area (TPSA) is 67.3 Å². The Kier molecular flexibility index (Phi) is 8.13. The number of para-hydroxylation sites is 1. The number of carbonyl (C=O) groups excluding carboxylic acids is 1. The summed E-state index contributed by atoms with van der Waals surface area (Å²) >= 11 is 1.85. The van der Waals surface area contributed by atoms with Crippen LogP contribution in [0.1, 0.15) is 12.7 Å². The Labute approximate surface area is 199 Å². The molecule has 4 rings (SSSR count). The Morgan fingerprint density at radius 3 is 2.55 bits per heavy atom. The summed E-state index contributed by atoms with van der Waals surface area (Å²) in [6, 6.07) is 14.2. The maximum absolute atomic E-state index is 12.8. The van der Waals surface area contributed by atoms with Gasteiger partial charge in [-0.05, 0) is 37.3 Å². The van der Waals surface area contributed by atoms with Crippen molar-refractivity contribution in [3.63, 3.8) is 0 Å². The van der Waals surface area contributed by atoms with E-state index in [0.29, 0.717) is 42.1 Å². The fourth-order valence-electron chi connectivity index (χ4n) is 3.40. The number of amides is 1. The first-order valence-electron chi connectivity index (χ1n) is 10.6. The van der Waals surface area contributed by atoms with Gasteiger partial charge in [0.25, 0.3) is 5.76 Å². The molecule has 2 heterocycles. The highest BCUT2D eigenvalue weighted by atomic mass is 32.2. The van der Waals surface area contributed by atoms with Crippen LogP contribution in [0.2, 0.25) is 0 Å². The second kappa shape index (κ2) is 11.2. The second-order valence-electron chi connectivity index (χ2n) is 7.50. The molecule has 6 nitrogen and oxygen atoms in total. The van der Waals surface area contributed by atoms with Gasteiger partial charge in [-0.1, -0.05) is 41.7 Å². The molecule has 10 heteroatoms. The number of halogens is 2. The average Bonchev–Trinajstić information content (AvgIpc) is 2.80. The number of hydrogen-bond donors (Lipinski definition) is 1. The molecule has 1 aromatic heterocycles. The number of nitrogens with zero attached hydrogens (tertiary/aromatic N) is 3. The lowest BCUT2D eigenvalue weighted by Crippen LogP contribution is -2.36. The van der Waals surface area contributed by atoms with Crippen molar-refractivity contribution < 1.29 is 18.3 Å². The van der Waals surface area contributed by atoms with Gasteiger partial charge in [-0.15, -0.1) is 0 Å². The van der Waals surface area contributed by atoms with E-state index in [2.05, 4.69) is 10.2 Å². The molecule has 0 saturated carbocycles. The Balaban J connectivity index is 1.46. The first-order valence-corrected chi connectivity index (χ1v) is 12.3. The average molecular weight is 491 g/mol. The van der Waals surface area contributed by atoms with Crippen molar-refractivity contribution in [3.05, 3.63) is 54.4 Å². The SMILES string of the molecule is CC(Sc1nc(CN2CCOCC2)nc2ccccc12)C(=O)Nc1ccc(SC(F)F)cc1. The molecule has 1 aliphatic rings. The number of alkyl halides is 2. The summed E-state index contributed by atoms with van der Waals surface area (Å²) in [7, 11) is 0. The Morgan fingerprint density at radius 1 is 1.09 bits per heavy atom. The van der Waals surface area contributed by atoms with Gasteiger partial charge in [0, 0.05) is 29.1 Å². The number of anilines is 1. The summed E-state index contributed by atoms with van der Waals surface area (Å²) in [4.78, 5) is 25.0. The number of morpholine rings is 1. The summed E-state index contributed by atoms with van der Waals surface area (Å²) in [5.74, 6) is -1.94. The van der Waals surface area contributed by atoms with Gasteiger partial charge in [-0.25, -0.2) is 9.97 Å². The van der Waals surface area contributed by atoms with Crippen LogP contribution in [0.4, 0.5) is 14.5 Å². The van der Waals surface area contributed by atoms with E-state index in [1.165, 1.54) is 11.8 Å². The second-order valence-corrected chi connectivity index (χ2v) is 9.90. The number of aromatic nitrogens is 2. The van der Waals surface area contributed by atoms with Crippen LogP contribution in [0.25, 0.3) is 10.9 Å². The molecular formula is C23H24F2N4O2S2. The van der Waals surface area contributed by atoms with E-state index in [4.69, 9.17) is 14.7 Å². The molecule has 0 aliphatic carbocycles. The van der Waals surface area contributed by atoms with Crippen molar-refractivity contribution in [1.29, 1.82) is 0 Å². The van der Waals surface area contributed by atoms with Crippen molar-refractivity contribution in [2.45, 2.75) is 34.4 Å². The van der Waals surface area contributed by atoms with Gasteiger partial charge in [0.15, 0.2) is 0 Å². The maximum Gasteiger partial charge on any atom is 0.288 e. The maximum atomic E-state index is 12.8. The lowest BCUT2D eigenvalue weighted by atomic mass is 10.2. The molecule has 0 radical (unpaired) electrons. The number of rotatable bonds is 8. The number of hydrogen-bond acceptors (Lipinski definition) is 7. The quantitative estimate of drug-likeness (QED) is 0.356. The first-order chi connectivity index (χ1) is 16.0. The Bertz CT molecular complexity index is 1100. The number of carbonyl (C=O) groups is 1. The fourth-order valence-corrected chi connectivity index (χ4v) is 4.86. The summed E-state index contributed by atoms with van der Waals surface area (Å²) < 4.78 is 30.4. The standard InChI is InChI=1S/C23H24F2N4O2S2/c1-15(21(30)26-16-6-8-17(9-7-16)33-23(24)25)32-22-18-4-2-3-5-19(18)27-20(28-22)14-29-10-12-31-13-11-29/h2-9,15,23H,10-14H2,1H3,(H,26,30). The highest BCUT2D eigenvalue weighted by molar-refractivity contribution is 8.00. The number of benzene rings is 2. The van der Waals surface area contributed by atoms with E-state index in [1.807, 2.05) is 31.2 Å². The van der Waals surface area contributed by atoms with Crippen LogP contribution in [-0.2, 0) is 16.1 Å².